The lowest BCUT2D eigenvalue weighted by Crippen LogP contribution is -2.31. The predicted octanol–water partition coefficient (Wildman–Crippen LogP) is 3.92. The molecule has 0 saturated heterocycles. The van der Waals surface area contributed by atoms with Gasteiger partial charge in [-0.1, -0.05) is 26.0 Å². The van der Waals surface area contributed by atoms with Crippen LogP contribution in [0.1, 0.15) is 53.7 Å². The minimum Gasteiger partial charge on any atom is -0.344 e. The monoisotopic (exact) mass is 421 g/mol. The highest BCUT2D eigenvalue weighted by atomic mass is 19.4. The quantitative estimate of drug-likeness (QED) is 0.652. The number of imidazole rings is 1. The fourth-order valence-electron chi connectivity index (χ4n) is 4.10. The number of aryl methyl sites for hydroxylation is 1. The highest BCUT2D eigenvalue weighted by Crippen LogP contribution is 2.45. The highest BCUT2D eigenvalue weighted by molar-refractivity contribution is 5.94. The van der Waals surface area contributed by atoms with Gasteiger partial charge in [0.15, 0.2) is 11.4 Å². The van der Waals surface area contributed by atoms with E-state index in [4.69, 9.17) is 0 Å². The molecule has 1 atom stereocenters. The molecule has 0 fully saturated rings. The van der Waals surface area contributed by atoms with E-state index in [1.807, 2.05) is 13.8 Å². The van der Waals surface area contributed by atoms with Crippen molar-refractivity contribution >= 4 is 5.91 Å². The first-order valence-corrected chi connectivity index (χ1v) is 9.23. The SMILES string of the molecule is Cn1cnc(C(=O)NC2CC(C)(C)c3c2cnn3-c2ccccc2F)c1C(F)(F)F. The molecule has 30 heavy (non-hydrogen) atoms. The van der Waals surface area contributed by atoms with E-state index in [0.717, 1.165) is 10.9 Å². The number of halogens is 4. The van der Waals surface area contributed by atoms with E-state index in [2.05, 4.69) is 15.4 Å². The van der Waals surface area contributed by atoms with Crippen molar-refractivity contribution in [1.82, 2.24) is 24.6 Å². The van der Waals surface area contributed by atoms with E-state index in [9.17, 15) is 22.4 Å². The second-order valence-corrected chi connectivity index (χ2v) is 7.98. The second-order valence-electron chi connectivity index (χ2n) is 7.98. The first-order valence-electron chi connectivity index (χ1n) is 9.23. The van der Waals surface area contributed by atoms with Gasteiger partial charge in [-0.2, -0.15) is 18.3 Å². The number of benzene rings is 1. The summed E-state index contributed by atoms with van der Waals surface area (Å²) in [6.45, 7) is 3.83. The number of hydrogen-bond acceptors (Lipinski definition) is 3. The first kappa shape index (κ1) is 20.1. The number of nitrogens with zero attached hydrogens (tertiary/aromatic N) is 4. The van der Waals surface area contributed by atoms with Gasteiger partial charge in [0.1, 0.15) is 11.5 Å². The summed E-state index contributed by atoms with van der Waals surface area (Å²) in [5, 5.41) is 6.93. The number of para-hydroxylation sites is 1. The van der Waals surface area contributed by atoms with Gasteiger partial charge >= 0.3 is 6.18 Å². The molecular weight excluding hydrogens is 402 g/mol. The molecule has 1 aliphatic rings. The van der Waals surface area contributed by atoms with Gasteiger partial charge < -0.3 is 9.88 Å². The van der Waals surface area contributed by atoms with Crippen LogP contribution in [-0.2, 0) is 18.6 Å². The molecular formula is C20H19F4N5O. The summed E-state index contributed by atoms with van der Waals surface area (Å²) in [4.78, 5) is 16.3. The number of amides is 1. The maximum absolute atomic E-state index is 14.3. The molecule has 0 saturated carbocycles. The van der Waals surface area contributed by atoms with E-state index in [-0.39, 0.29) is 5.69 Å². The number of carbonyl (C=O) groups excluding carboxylic acids is 1. The Bertz CT molecular complexity index is 1130. The van der Waals surface area contributed by atoms with Gasteiger partial charge in [-0.25, -0.2) is 14.1 Å². The number of alkyl halides is 3. The number of carbonyl (C=O) groups is 1. The van der Waals surface area contributed by atoms with Crippen molar-refractivity contribution < 1.29 is 22.4 Å². The fourth-order valence-corrected chi connectivity index (χ4v) is 4.10. The summed E-state index contributed by atoms with van der Waals surface area (Å²) < 4.78 is 56.5. The molecule has 1 N–H and O–H groups in total. The van der Waals surface area contributed by atoms with E-state index in [1.54, 1.807) is 18.2 Å². The molecule has 1 aromatic carbocycles. The van der Waals surface area contributed by atoms with Crippen LogP contribution in [0.15, 0.2) is 36.8 Å². The Morgan fingerprint density at radius 3 is 2.63 bits per heavy atom. The normalized spacial score (nSPS) is 17.8. The van der Waals surface area contributed by atoms with E-state index in [1.165, 1.54) is 24.0 Å². The van der Waals surface area contributed by atoms with Gasteiger partial charge in [-0.3, -0.25) is 4.79 Å². The summed E-state index contributed by atoms with van der Waals surface area (Å²) in [7, 11) is 1.18. The first-order chi connectivity index (χ1) is 14.0. The van der Waals surface area contributed by atoms with Crippen molar-refractivity contribution in [2.75, 3.05) is 0 Å². The smallest absolute Gasteiger partial charge is 0.344 e. The molecule has 0 spiro atoms. The van der Waals surface area contributed by atoms with Gasteiger partial charge in [0.05, 0.1) is 24.3 Å². The van der Waals surface area contributed by atoms with Crippen LogP contribution in [0.3, 0.4) is 0 Å². The molecule has 4 rings (SSSR count). The lowest BCUT2D eigenvalue weighted by atomic mass is 9.90. The number of nitrogens with one attached hydrogen (secondary N) is 1. The van der Waals surface area contributed by atoms with Crippen molar-refractivity contribution in [2.24, 2.45) is 7.05 Å². The second kappa shape index (κ2) is 6.68. The average Bonchev–Trinajstić information content (AvgIpc) is 3.30. The van der Waals surface area contributed by atoms with Crippen LogP contribution in [0.4, 0.5) is 17.6 Å². The van der Waals surface area contributed by atoms with Crippen LogP contribution in [0, 0.1) is 5.82 Å². The molecule has 1 amide bonds. The van der Waals surface area contributed by atoms with Crippen LogP contribution < -0.4 is 5.32 Å². The number of hydrogen-bond donors (Lipinski definition) is 1. The summed E-state index contributed by atoms with van der Waals surface area (Å²) in [5.74, 6) is -1.37. The maximum Gasteiger partial charge on any atom is 0.433 e. The molecule has 10 heteroatoms. The topological polar surface area (TPSA) is 64.7 Å². The summed E-state index contributed by atoms with van der Waals surface area (Å²) >= 11 is 0. The fraction of sp³-hybridized carbons (Fsp3) is 0.350. The van der Waals surface area contributed by atoms with Crippen molar-refractivity contribution in [2.45, 2.75) is 37.9 Å². The van der Waals surface area contributed by atoms with Crippen molar-refractivity contribution in [3.63, 3.8) is 0 Å². The third kappa shape index (κ3) is 3.16. The van der Waals surface area contributed by atoms with Gasteiger partial charge in [0.25, 0.3) is 5.91 Å². The Kier molecular flexibility index (Phi) is 4.48. The zero-order valence-corrected chi connectivity index (χ0v) is 16.5. The van der Waals surface area contributed by atoms with Crippen molar-refractivity contribution in [3.8, 4) is 5.69 Å². The van der Waals surface area contributed by atoms with E-state index >= 15 is 0 Å². The maximum atomic E-state index is 14.3. The Balaban J connectivity index is 1.69. The molecule has 0 aliphatic heterocycles. The van der Waals surface area contributed by atoms with Gasteiger partial charge in [0, 0.05) is 18.0 Å². The molecule has 1 unspecified atom stereocenters. The minimum atomic E-state index is -4.71. The molecule has 3 aromatic rings. The Morgan fingerprint density at radius 1 is 1.27 bits per heavy atom. The molecule has 0 radical (unpaired) electrons. The number of rotatable bonds is 3. The zero-order valence-electron chi connectivity index (χ0n) is 16.5. The molecule has 1 aliphatic carbocycles. The lowest BCUT2D eigenvalue weighted by Gasteiger charge is -2.22. The van der Waals surface area contributed by atoms with Crippen LogP contribution in [-0.4, -0.2) is 25.2 Å². The Morgan fingerprint density at radius 2 is 1.97 bits per heavy atom. The van der Waals surface area contributed by atoms with E-state index < -0.39 is 40.7 Å². The average molecular weight is 421 g/mol. The Hall–Kier alpha value is -3.17. The van der Waals surface area contributed by atoms with Gasteiger partial charge in [-0.15, -0.1) is 0 Å². The summed E-state index contributed by atoms with van der Waals surface area (Å²) in [5.41, 5.74) is -0.681. The number of fused-ring (bicyclic) bond motifs is 1. The predicted molar refractivity (Wildman–Crippen MR) is 99.6 cm³/mol. The van der Waals surface area contributed by atoms with Gasteiger partial charge in [-0.05, 0) is 18.6 Å². The van der Waals surface area contributed by atoms with Crippen LogP contribution in [0.5, 0.6) is 0 Å². The third-order valence-corrected chi connectivity index (χ3v) is 5.34. The molecule has 2 aromatic heterocycles. The van der Waals surface area contributed by atoms with Crippen LogP contribution in [0.25, 0.3) is 5.69 Å². The Labute approximate surface area is 169 Å². The van der Waals surface area contributed by atoms with Gasteiger partial charge in [0.2, 0.25) is 0 Å². The lowest BCUT2D eigenvalue weighted by molar-refractivity contribution is -0.143. The van der Waals surface area contributed by atoms with Crippen LogP contribution in [0.2, 0.25) is 0 Å². The van der Waals surface area contributed by atoms with Crippen molar-refractivity contribution in [3.05, 3.63) is 65.3 Å². The standard InChI is InChI=1S/C20H19F4N5O/c1-19(2)8-13(27-18(30)15-17(20(22,23)24)28(3)10-25-15)11-9-26-29(16(11)19)14-7-5-4-6-12(14)21/h4-7,9-10,13H,8H2,1-3H3,(H,27,30). The van der Waals surface area contributed by atoms with Crippen LogP contribution >= 0.6 is 0 Å². The molecule has 2 heterocycles. The zero-order chi connectivity index (χ0) is 21.8. The minimum absolute atomic E-state index is 0.267. The molecule has 0 bridgehead atoms. The largest absolute Gasteiger partial charge is 0.433 e. The van der Waals surface area contributed by atoms with E-state index in [0.29, 0.717) is 17.7 Å². The highest BCUT2D eigenvalue weighted by Gasteiger charge is 2.44. The molecule has 158 valence electrons. The molecule has 6 nitrogen and oxygen atoms in total. The third-order valence-electron chi connectivity index (χ3n) is 5.34. The summed E-state index contributed by atoms with van der Waals surface area (Å²) in [6, 6.07) is 5.60. The summed E-state index contributed by atoms with van der Waals surface area (Å²) in [6.07, 6.45) is -1.81. The number of aromatic nitrogens is 4. The van der Waals surface area contributed by atoms with Crippen molar-refractivity contribution in [1.29, 1.82) is 0 Å².